The van der Waals surface area contributed by atoms with Gasteiger partial charge in [0.1, 0.15) is 24.7 Å². The van der Waals surface area contributed by atoms with E-state index in [4.69, 9.17) is 0 Å². The number of halogens is 16. The number of rotatable bonds is 0. The molecule has 2 aromatic heterocycles. The van der Waals surface area contributed by atoms with Crippen LogP contribution < -0.4 is 20.9 Å². The van der Waals surface area contributed by atoms with Crippen LogP contribution in [-0.4, -0.2) is 73.4 Å². The number of aromatic nitrogens is 2. The summed E-state index contributed by atoms with van der Waals surface area (Å²) in [5.41, 5.74) is -2.53. The first-order chi connectivity index (χ1) is 26.4. The summed E-state index contributed by atoms with van der Waals surface area (Å²) >= 11 is 0. The van der Waals surface area contributed by atoms with E-state index in [0.717, 1.165) is 0 Å². The van der Waals surface area contributed by atoms with Crippen molar-refractivity contribution in [2.24, 2.45) is 43.6 Å². The Kier molecular flexibility index (Phi) is 9.12. The topological polar surface area (TPSA) is 106 Å². The Balaban J connectivity index is 0.00000455. The van der Waals surface area contributed by atoms with E-state index in [2.05, 4.69) is 40.6 Å². The molecule has 9 rings (SSSR count). The maximum Gasteiger partial charge on any atom is 2.00 e. The molecule has 8 nitrogen and oxygen atoms in total. The van der Waals surface area contributed by atoms with E-state index >= 15 is 35.1 Å². The summed E-state index contributed by atoms with van der Waals surface area (Å²) < 4.78 is 242. The second kappa shape index (κ2) is 13.2. The van der Waals surface area contributed by atoms with E-state index < -0.39 is 188 Å². The van der Waals surface area contributed by atoms with Crippen molar-refractivity contribution >= 4 is 44.9 Å². The zero-order valence-electron chi connectivity index (χ0n) is 27.0. The van der Waals surface area contributed by atoms with Crippen LogP contribution in [0.4, 0.5) is 81.9 Å². The molecular formula is C32H14CoF16N8-2. The average Bonchev–Trinajstić information content (AvgIpc) is 3.92. The Morgan fingerprint density at radius 3 is 1.04 bits per heavy atom. The van der Waals surface area contributed by atoms with Crippen LogP contribution in [0, 0.1) is 70.2 Å². The van der Waals surface area contributed by atoms with Crippen molar-refractivity contribution in [1.82, 2.24) is 9.97 Å². The summed E-state index contributed by atoms with van der Waals surface area (Å²) in [7, 11) is 0. The molecule has 305 valence electrons. The summed E-state index contributed by atoms with van der Waals surface area (Å²) in [5, 5.41) is 1.95. The van der Waals surface area contributed by atoms with Crippen molar-refractivity contribution in [1.29, 1.82) is 0 Å². The minimum absolute atomic E-state index is 0. The molecule has 5 aliphatic rings. The minimum Gasteiger partial charge on any atom is -0.459 e. The first-order valence-corrected chi connectivity index (χ1v) is 16.2. The minimum atomic E-state index is -3.25. The fraction of sp³-hybridized carbons (Fsp3) is 0.438. The van der Waals surface area contributed by atoms with Gasteiger partial charge < -0.3 is 40.6 Å². The van der Waals surface area contributed by atoms with E-state index in [1.807, 2.05) is 0 Å². The van der Waals surface area contributed by atoms with Gasteiger partial charge in [-0.05, 0) is 11.6 Å². The van der Waals surface area contributed by atoms with Gasteiger partial charge in [0.15, 0.2) is 71.2 Å². The molecule has 25 heteroatoms. The zero-order chi connectivity index (χ0) is 40.1. The van der Waals surface area contributed by atoms with Crippen LogP contribution >= 0.6 is 0 Å². The molecule has 2 aliphatic carbocycles. The van der Waals surface area contributed by atoms with Gasteiger partial charge >= 0.3 is 16.8 Å². The van der Waals surface area contributed by atoms with E-state index in [1.54, 1.807) is 0 Å². The van der Waals surface area contributed by atoms with Gasteiger partial charge in [-0.1, -0.05) is 11.7 Å². The van der Waals surface area contributed by atoms with Gasteiger partial charge in [0.05, 0.1) is 0 Å². The number of aliphatic imine (C=N–C) groups is 2. The van der Waals surface area contributed by atoms with E-state index in [1.165, 1.54) is 0 Å². The van der Waals surface area contributed by atoms with Crippen molar-refractivity contribution in [3.63, 3.8) is 0 Å². The van der Waals surface area contributed by atoms with E-state index in [9.17, 15) is 35.1 Å². The normalized spacial score (nSPS) is 35.6. The number of alkyl halides is 8. The van der Waals surface area contributed by atoms with Gasteiger partial charge in [-0.2, -0.15) is 0 Å². The molecule has 8 bridgehead atoms. The molecule has 1 radical (unpaired) electrons. The number of hydrogen-bond donors (Lipinski definition) is 0. The molecule has 57 heavy (non-hydrogen) atoms. The van der Waals surface area contributed by atoms with Gasteiger partial charge in [0.25, 0.3) is 0 Å². The van der Waals surface area contributed by atoms with Crippen LogP contribution in [0.5, 0.6) is 0 Å². The van der Waals surface area contributed by atoms with E-state index in [-0.39, 0.29) is 16.8 Å². The second-order valence-corrected chi connectivity index (χ2v) is 13.6. The SMILES string of the molecule is Fc1c(F)c(F)c2c3[n-]c(c2c1F)N=C1[N-]C(N=c2[n-]c(c4c(F)c(F)c(F)c(F)c24)=NC2[N-]C(=N3)C3C(F)C(F)C(F)C(F)C23)C2C(F)C(F)C(F)C(F)C12.[Co+2]. The van der Waals surface area contributed by atoms with Gasteiger partial charge in [0, 0.05) is 68.5 Å². The van der Waals surface area contributed by atoms with Crippen LogP contribution in [0.3, 0.4) is 0 Å². The van der Waals surface area contributed by atoms with Crippen molar-refractivity contribution in [2.45, 2.75) is 61.7 Å². The molecular weight excluding hydrogens is 859 g/mol. The molecule has 14 unspecified atom stereocenters. The molecule has 14 atom stereocenters. The summed E-state index contributed by atoms with van der Waals surface area (Å²) in [6, 6.07) is 0. The maximum atomic E-state index is 15.6. The van der Waals surface area contributed by atoms with Crippen LogP contribution in [0.1, 0.15) is 0 Å². The van der Waals surface area contributed by atoms with Gasteiger partial charge in [-0.3, -0.25) is 0 Å². The molecule has 2 saturated heterocycles. The fourth-order valence-corrected chi connectivity index (χ4v) is 8.07. The fourth-order valence-electron chi connectivity index (χ4n) is 8.07. The smallest absolute Gasteiger partial charge is 0.459 e. The largest absolute Gasteiger partial charge is 2.00 e. The van der Waals surface area contributed by atoms with Crippen LogP contribution in [0.25, 0.3) is 32.2 Å². The zero-order valence-corrected chi connectivity index (χ0v) is 28.1. The first kappa shape index (κ1) is 39.3. The van der Waals surface area contributed by atoms with Gasteiger partial charge in [-0.25, -0.2) is 70.2 Å². The monoisotopic (exact) mass is 873 g/mol. The summed E-state index contributed by atoms with van der Waals surface area (Å²) in [6.45, 7) is 0. The number of nitrogens with zero attached hydrogens (tertiary/aromatic N) is 8. The Bertz CT molecular complexity index is 2400. The molecule has 0 N–H and O–H groups in total. The predicted octanol–water partition coefficient (Wildman–Crippen LogP) is 6.65. The standard InChI is InChI=1S/C32H14F16N8.Co/c33-9-1-2(10(34)18(42)17(9)41)26-49-25(1)53-27-3-4(12(36)20(44)19(43)11(3)35)29(50-27)55-31-7-8(16(40)24(48)23(47)15(7)39)32(52-31)56-30-6-5(28(51-30)54-26)13(37)21(45)22(46)14(6)38;/h1-2,7-10,15-18,23-25,31H;/q-4;+2. The number of benzene rings is 2. The Hall–Kier alpha value is -4.55. The Morgan fingerprint density at radius 1 is 0.368 bits per heavy atom. The van der Waals surface area contributed by atoms with Gasteiger partial charge in [-0.15, -0.1) is 0 Å². The predicted molar refractivity (Wildman–Crippen MR) is 158 cm³/mol. The van der Waals surface area contributed by atoms with Crippen LogP contribution in [0.2, 0.25) is 0 Å². The number of amidine groups is 2. The summed E-state index contributed by atoms with van der Waals surface area (Å²) in [6.07, 6.45) is -30.0. The van der Waals surface area contributed by atoms with Crippen LogP contribution in [-0.2, 0) is 16.8 Å². The van der Waals surface area contributed by atoms with Crippen molar-refractivity contribution in [3.8, 4) is 0 Å². The number of fused-ring (bicyclic) bond motifs is 20. The molecule has 0 amide bonds. The van der Waals surface area contributed by atoms with Crippen LogP contribution in [0.15, 0.2) is 20.0 Å². The quantitative estimate of drug-likeness (QED) is 0.112. The summed E-state index contributed by atoms with van der Waals surface area (Å²) in [5.74, 6) is -33.1. The molecule has 4 aromatic rings. The van der Waals surface area contributed by atoms with Crippen molar-refractivity contribution in [3.05, 3.63) is 68.1 Å². The number of hydrogen-bond acceptors (Lipinski definition) is 4. The molecule has 5 heterocycles. The third kappa shape index (κ3) is 5.21. The third-order valence-corrected chi connectivity index (χ3v) is 10.7. The first-order valence-electron chi connectivity index (χ1n) is 16.2. The van der Waals surface area contributed by atoms with E-state index in [0.29, 0.717) is 0 Å². The molecule has 2 aromatic carbocycles. The van der Waals surface area contributed by atoms with Crippen molar-refractivity contribution in [2.75, 3.05) is 0 Å². The molecule has 0 spiro atoms. The molecule has 2 saturated carbocycles. The molecule has 4 fully saturated rings. The summed E-state index contributed by atoms with van der Waals surface area (Å²) in [4.78, 5) is 22.3. The third-order valence-electron chi connectivity index (χ3n) is 10.7. The Labute approximate surface area is 315 Å². The van der Waals surface area contributed by atoms with Crippen molar-refractivity contribution < 1.29 is 87.0 Å². The molecule has 3 aliphatic heterocycles. The average molecular weight is 873 g/mol. The maximum absolute atomic E-state index is 15.6. The van der Waals surface area contributed by atoms with Gasteiger partial charge in [0.2, 0.25) is 0 Å². The second-order valence-electron chi connectivity index (χ2n) is 13.6. The Morgan fingerprint density at radius 2 is 0.684 bits per heavy atom.